The van der Waals surface area contributed by atoms with Gasteiger partial charge in [-0.1, -0.05) is 334 Å². The van der Waals surface area contributed by atoms with Crippen molar-refractivity contribution in [2.24, 2.45) is 0 Å². The van der Waals surface area contributed by atoms with E-state index in [0.717, 1.165) is 32.1 Å². The molecule has 0 saturated heterocycles. The summed E-state index contributed by atoms with van der Waals surface area (Å²) in [7, 11) is 0. The van der Waals surface area contributed by atoms with Gasteiger partial charge < -0.3 is 15.5 Å². The lowest BCUT2D eigenvalue weighted by molar-refractivity contribution is -0.123. The Morgan fingerprint density at radius 2 is 0.591 bits per heavy atom. The van der Waals surface area contributed by atoms with Gasteiger partial charge >= 0.3 is 0 Å². The van der Waals surface area contributed by atoms with Gasteiger partial charge in [0.25, 0.3) is 0 Å². The van der Waals surface area contributed by atoms with E-state index in [0.29, 0.717) is 6.42 Å². The van der Waals surface area contributed by atoms with Crippen LogP contribution in [-0.4, -0.2) is 34.9 Å². The second kappa shape index (κ2) is 58.2. The van der Waals surface area contributed by atoms with Crippen molar-refractivity contribution < 1.29 is 15.0 Å². The van der Waals surface area contributed by atoms with Crippen LogP contribution in [0, 0.1) is 0 Å². The zero-order chi connectivity index (χ0) is 47.7. The predicted octanol–water partition coefficient (Wildman–Crippen LogP) is 20.3. The van der Waals surface area contributed by atoms with E-state index in [2.05, 4.69) is 31.3 Å². The zero-order valence-electron chi connectivity index (χ0n) is 45.2. The van der Waals surface area contributed by atoms with E-state index in [9.17, 15) is 15.0 Å². The maximum absolute atomic E-state index is 12.5. The minimum absolute atomic E-state index is 0.0657. The van der Waals surface area contributed by atoms with Crippen molar-refractivity contribution in [3.05, 3.63) is 24.3 Å². The molecule has 0 radical (unpaired) electrons. The lowest BCUT2D eigenvalue weighted by atomic mass is 10.0. The van der Waals surface area contributed by atoms with Crippen LogP contribution in [0.25, 0.3) is 0 Å². The Kier molecular flexibility index (Phi) is 57.2. The summed E-state index contributed by atoms with van der Waals surface area (Å²) in [6.45, 7) is 4.35. The quantitative estimate of drug-likeness (QED) is 0.0420. The standard InChI is InChI=1S/C62H121NO3/c1-3-5-7-9-11-13-15-17-19-21-23-25-27-29-30-31-32-34-35-37-39-41-43-45-47-49-51-53-55-57-61(65)60(59-64)63-62(66)58-56-54-52-50-48-46-44-42-40-38-36-33-28-26-24-22-20-18-16-14-12-10-8-6-4-2/h47,49,55,57,60-61,64-65H,3-46,48,50-54,56,58-59H2,1-2H3,(H,63,66)/b49-47+,57-55+. The first-order valence-electron chi connectivity index (χ1n) is 30.6. The summed E-state index contributed by atoms with van der Waals surface area (Å²) in [5, 5.41) is 23.2. The van der Waals surface area contributed by atoms with Gasteiger partial charge in [0.2, 0.25) is 5.91 Å². The second-order valence-corrected chi connectivity index (χ2v) is 21.1. The Hall–Kier alpha value is -1.13. The van der Waals surface area contributed by atoms with Crippen LogP contribution in [0.2, 0.25) is 0 Å². The predicted molar refractivity (Wildman–Crippen MR) is 295 cm³/mol. The minimum atomic E-state index is -0.860. The maximum atomic E-state index is 12.5. The number of unbranched alkanes of at least 4 members (excludes halogenated alkanes) is 48. The minimum Gasteiger partial charge on any atom is -0.394 e. The molecule has 2 unspecified atom stereocenters. The molecule has 4 heteroatoms. The van der Waals surface area contributed by atoms with Crippen LogP contribution in [0.4, 0.5) is 0 Å². The summed E-state index contributed by atoms with van der Waals surface area (Å²) in [6.07, 6.45) is 78.0. The summed E-state index contributed by atoms with van der Waals surface area (Å²) in [6, 6.07) is -0.637. The second-order valence-electron chi connectivity index (χ2n) is 21.1. The van der Waals surface area contributed by atoms with Crippen LogP contribution in [0.5, 0.6) is 0 Å². The molecule has 0 aliphatic carbocycles. The maximum Gasteiger partial charge on any atom is 0.220 e. The fourth-order valence-corrected chi connectivity index (χ4v) is 9.79. The summed E-state index contributed by atoms with van der Waals surface area (Å²) < 4.78 is 0. The Morgan fingerprint density at radius 1 is 0.348 bits per heavy atom. The molecule has 0 aromatic rings. The first kappa shape index (κ1) is 64.9. The van der Waals surface area contributed by atoms with E-state index >= 15 is 0 Å². The molecule has 0 aliphatic rings. The lowest BCUT2D eigenvalue weighted by Gasteiger charge is -2.19. The average Bonchev–Trinajstić information content (AvgIpc) is 3.32. The fourth-order valence-electron chi connectivity index (χ4n) is 9.79. The Labute approximate surface area is 415 Å². The average molecular weight is 929 g/mol. The first-order chi connectivity index (χ1) is 32.7. The smallest absolute Gasteiger partial charge is 0.220 e. The molecule has 0 aliphatic heterocycles. The highest BCUT2D eigenvalue weighted by Gasteiger charge is 2.18. The van der Waals surface area contributed by atoms with Crippen molar-refractivity contribution in [1.82, 2.24) is 5.32 Å². The van der Waals surface area contributed by atoms with Crippen LogP contribution in [-0.2, 0) is 4.79 Å². The molecular weight excluding hydrogens is 807 g/mol. The highest BCUT2D eigenvalue weighted by molar-refractivity contribution is 5.76. The number of carbonyl (C=O) groups excluding carboxylic acids is 1. The number of hydrogen-bond donors (Lipinski definition) is 3. The number of allylic oxidation sites excluding steroid dienone is 3. The Morgan fingerprint density at radius 3 is 0.879 bits per heavy atom. The van der Waals surface area contributed by atoms with E-state index in [4.69, 9.17) is 0 Å². The zero-order valence-corrected chi connectivity index (χ0v) is 45.2. The number of aliphatic hydroxyl groups excluding tert-OH is 2. The monoisotopic (exact) mass is 928 g/mol. The summed E-state index contributed by atoms with van der Waals surface area (Å²) in [5.41, 5.74) is 0. The number of hydrogen-bond acceptors (Lipinski definition) is 3. The highest BCUT2D eigenvalue weighted by Crippen LogP contribution is 2.18. The van der Waals surface area contributed by atoms with Crippen molar-refractivity contribution in [3.8, 4) is 0 Å². The summed E-state index contributed by atoms with van der Waals surface area (Å²) in [5.74, 6) is -0.0657. The van der Waals surface area contributed by atoms with Crippen LogP contribution >= 0.6 is 0 Å². The third-order valence-corrected chi connectivity index (χ3v) is 14.4. The van der Waals surface area contributed by atoms with Crippen LogP contribution in [0.3, 0.4) is 0 Å². The van der Waals surface area contributed by atoms with Crippen molar-refractivity contribution >= 4 is 5.91 Å². The molecule has 0 aromatic carbocycles. The number of nitrogens with one attached hydrogen (secondary N) is 1. The molecule has 2 atom stereocenters. The number of aliphatic hydroxyl groups is 2. The normalized spacial score (nSPS) is 12.8. The molecule has 0 fully saturated rings. The van der Waals surface area contributed by atoms with Crippen LogP contribution < -0.4 is 5.32 Å². The number of rotatable bonds is 57. The molecule has 66 heavy (non-hydrogen) atoms. The molecule has 3 N–H and O–H groups in total. The summed E-state index contributed by atoms with van der Waals surface area (Å²) in [4.78, 5) is 12.5. The van der Waals surface area contributed by atoms with Crippen molar-refractivity contribution in [2.75, 3.05) is 6.61 Å². The van der Waals surface area contributed by atoms with Gasteiger partial charge in [0, 0.05) is 6.42 Å². The van der Waals surface area contributed by atoms with Gasteiger partial charge in [0.05, 0.1) is 18.8 Å². The summed E-state index contributed by atoms with van der Waals surface area (Å²) >= 11 is 0. The third-order valence-electron chi connectivity index (χ3n) is 14.4. The molecule has 4 nitrogen and oxygen atoms in total. The molecule has 0 aromatic heterocycles. The molecule has 0 saturated carbocycles. The lowest BCUT2D eigenvalue weighted by Crippen LogP contribution is -2.45. The van der Waals surface area contributed by atoms with E-state index in [1.54, 1.807) is 6.08 Å². The van der Waals surface area contributed by atoms with Gasteiger partial charge in [-0.2, -0.15) is 0 Å². The van der Waals surface area contributed by atoms with Gasteiger partial charge in [-0.3, -0.25) is 4.79 Å². The Balaban J connectivity index is 3.47. The number of amides is 1. The van der Waals surface area contributed by atoms with Crippen LogP contribution in [0.15, 0.2) is 24.3 Å². The van der Waals surface area contributed by atoms with Gasteiger partial charge in [-0.05, 0) is 32.1 Å². The van der Waals surface area contributed by atoms with E-state index in [1.165, 1.54) is 295 Å². The van der Waals surface area contributed by atoms with Crippen molar-refractivity contribution in [1.29, 1.82) is 0 Å². The van der Waals surface area contributed by atoms with Gasteiger partial charge in [-0.25, -0.2) is 0 Å². The molecular formula is C62H121NO3. The van der Waals surface area contributed by atoms with Gasteiger partial charge in [0.1, 0.15) is 0 Å². The highest BCUT2D eigenvalue weighted by atomic mass is 16.3. The van der Waals surface area contributed by atoms with E-state index in [1.807, 2.05) is 6.08 Å². The molecule has 0 bridgehead atoms. The largest absolute Gasteiger partial charge is 0.394 e. The first-order valence-corrected chi connectivity index (χ1v) is 30.6. The van der Waals surface area contributed by atoms with E-state index in [-0.39, 0.29) is 12.5 Å². The Bertz CT molecular complexity index is 963. The van der Waals surface area contributed by atoms with Gasteiger partial charge in [-0.15, -0.1) is 0 Å². The fraction of sp³-hybridized carbons (Fsp3) is 0.919. The van der Waals surface area contributed by atoms with Crippen molar-refractivity contribution in [2.45, 2.75) is 360 Å². The van der Waals surface area contributed by atoms with Gasteiger partial charge in [0.15, 0.2) is 0 Å². The van der Waals surface area contributed by atoms with Crippen molar-refractivity contribution in [3.63, 3.8) is 0 Å². The van der Waals surface area contributed by atoms with E-state index < -0.39 is 12.1 Å². The molecule has 0 heterocycles. The van der Waals surface area contributed by atoms with Crippen LogP contribution in [0.1, 0.15) is 348 Å². The third kappa shape index (κ3) is 53.8. The molecule has 1 amide bonds. The molecule has 392 valence electrons. The SMILES string of the molecule is CCCCCCCCCCCCCCCCCCCCCCCCC/C=C/CC/C=C/C(O)C(CO)NC(=O)CCCCCCCCCCCCCCCCCCCCCCCCCCC. The topological polar surface area (TPSA) is 69.6 Å². The molecule has 0 spiro atoms. The molecule has 0 rings (SSSR count). The number of carbonyl (C=O) groups is 1.